The summed E-state index contributed by atoms with van der Waals surface area (Å²) in [7, 11) is 0. The van der Waals surface area contributed by atoms with Crippen molar-refractivity contribution in [3.63, 3.8) is 0 Å². The van der Waals surface area contributed by atoms with Crippen LogP contribution >= 0.6 is 0 Å². The molecule has 0 aliphatic carbocycles. The highest BCUT2D eigenvalue weighted by molar-refractivity contribution is 5.86. The van der Waals surface area contributed by atoms with Crippen LogP contribution < -0.4 is 5.32 Å². The molecule has 0 bridgehead atoms. The maximum Gasteiger partial charge on any atom is 0.326 e. The van der Waals surface area contributed by atoms with E-state index in [9.17, 15) is 14.7 Å². The van der Waals surface area contributed by atoms with Crippen molar-refractivity contribution in [1.29, 1.82) is 0 Å². The summed E-state index contributed by atoms with van der Waals surface area (Å²) in [6.45, 7) is 7.25. The number of rotatable bonds is 8. The summed E-state index contributed by atoms with van der Waals surface area (Å²) in [4.78, 5) is 22.4. The van der Waals surface area contributed by atoms with Crippen molar-refractivity contribution < 1.29 is 19.8 Å². The minimum atomic E-state index is -1.15. The molecule has 3 N–H and O–H groups in total. The molecule has 0 aromatic rings. The minimum absolute atomic E-state index is 0.173. The first-order valence-electron chi connectivity index (χ1n) is 5.70. The molecular formula is C12H21NO4. The molecule has 0 heterocycles. The fraction of sp³-hybridized carbons (Fsp3) is 0.667. The van der Waals surface area contributed by atoms with Crippen LogP contribution in [0.15, 0.2) is 12.7 Å². The Morgan fingerprint density at radius 2 is 2.00 bits per heavy atom. The molecule has 0 aromatic carbocycles. The number of aliphatic carboxylic acids is 1. The number of carboxylic acids is 1. The highest BCUT2D eigenvalue weighted by Crippen LogP contribution is 2.06. The summed E-state index contributed by atoms with van der Waals surface area (Å²) in [5.41, 5.74) is 0. The number of amides is 1. The maximum absolute atomic E-state index is 11.5. The van der Waals surface area contributed by atoms with Crippen LogP contribution in [0, 0.1) is 5.92 Å². The lowest BCUT2D eigenvalue weighted by Gasteiger charge is -2.17. The van der Waals surface area contributed by atoms with E-state index in [0.717, 1.165) is 0 Å². The maximum atomic E-state index is 11.5. The average molecular weight is 243 g/mol. The van der Waals surface area contributed by atoms with Crippen LogP contribution in [0.25, 0.3) is 0 Å². The topological polar surface area (TPSA) is 86.6 Å². The lowest BCUT2D eigenvalue weighted by molar-refractivity contribution is -0.143. The summed E-state index contributed by atoms with van der Waals surface area (Å²) >= 11 is 0. The van der Waals surface area contributed by atoms with Crippen LogP contribution in [-0.4, -0.2) is 34.2 Å². The van der Waals surface area contributed by atoms with Gasteiger partial charge in [0.15, 0.2) is 0 Å². The van der Waals surface area contributed by atoms with Crippen LogP contribution in [-0.2, 0) is 9.59 Å². The van der Waals surface area contributed by atoms with E-state index in [-0.39, 0.29) is 12.3 Å². The van der Waals surface area contributed by atoms with E-state index in [1.165, 1.54) is 0 Å². The first-order chi connectivity index (χ1) is 7.88. The van der Waals surface area contributed by atoms with Crippen molar-refractivity contribution in [1.82, 2.24) is 5.32 Å². The molecule has 17 heavy (non-hydrogen) atoms. The van der Waals surface area contributed by atoms with Gasteiger partial charge in [0, 0.05) is 0 Å². The standard InChI is InChI=1S/C12H21NO4/c1-4-5-6-9(12(16)17)13-11(15)10(14)7-8(2)3/h4,8-10,14H,1,5-7H2,2-3H3,(H,13,15)(H,16,17)/t9-,10-/m0/s1. The first-order valence-corrected chi connectivity index (χ1v) is 5.70. The second kappa shape index (κ2) is 7.84. The molecule has 0 aliphatic heterocycles. The van der Waals surface area contributed by atoms with Gasteiger partial charge in [-0.15, -0.1) is 6.58 Å². The molecular weight excluding hydrogens is 222 g/mol. The molecule has 0 saturated carbocycles. The third kappa shape index (κ3) is 6.73. The molecule has 0 fully saturated rings. The van der Waals surface area contributed by atoms with Gasteiger partial charge in [-0.1, -0.05) is 19.9 Å². The Kier molecular flexibility index (Phi) is 7.21. The van der Waals surface area contributed by atoms with Crippen molar-refractivity contribution in [3.05, 3.63) is 12.7 Å². The number of aliphatic hydroxyl groups excluding tert-OH is 1. The number of carboxylic acid groups (broad SMARTS) is 1. The number of allylic oxidation sites excluding steroid dienone is 1. The zero-order chi connectivity index (χ0) is 13.4. The fourth-order valence-electron chi connectivity index (χ4n) is 1.36. The van der Waals surface area contributed by atoms with Crippen molar-refractivity contribution in [3.8, 4) is 0 Å². The number of carbonyl (C=O) groups excluding carboxylic acids is 1. The van der Waals surface area contributed by atoms with Crippen molar-refractivity contribution >= 4 is 11.9 Å². The van der Waals surface area contributed by atoms with Crippen molar-refractivity contribution in [2.75, 3.05) is 0 Å². The predicted molar refractivity (Wildman–Crippen MR) is 64.5 cm³/mol. The molecule has 0 aliphatic rings. The van der Waals surface area contributed by atoms with E-state index in [4.69, 9.17) is 5.11 Å². The Morgan fingerprint density at radius 3 is 2.41 bits per heavy atom. The Morgan fingerprint density at radius 1 is 1.41 bits per heavy atom. The van der Waals surface area contributed by atoms with E-state index in [0.29, 0.717) is 12.8 Å². The molecule has 2 atom stereocenters. The molecule has 0 unspecified atom stereocenters. The largest absolute Gasteiger partial charge is 0.480 e. The third-order valence-electron chi connectivity index (χ3n) is 2.27. The van der Waals surface area contributed by atoms with Gasteiger partial charge in [0.2, 0.25) is 5.91 Å². The molecule has 98 valence electrons. The smallest absolute Gasteiger partial charge is 0.326 e. The lowest BCUT2D eigenvalue weighted by Crippen LogP contribution is -2.45. The molecule has 0 aromatic heterocycles. The molecule has 0 radical (unpaired) electrons. The fourth-order valence-corrected chi connectivity index (χ4v) is 1.36. The number of carbonyl (C=O) groups is 2. The quantitative estimate of drug-likeness (QED) is 0.553. The summed E-state index contributed by atoms with van der Waals surface area (Å²) in [6, 6.07) is -0.970. The van der Waals surface area contributed by atoms with Gasteiger partial charge >= 0.3 is 5.97 Å². The molecule has 0 spiro atoms. The molecule has 0 rings (SSSR count). The average Bonchev–Trinajstić information content (AvgIpc) is 2.22. The van der Waals surface area contributed by atoms with Crippen LogP contribution in [0.2, 0.25) is 0 Å². The second-order valence-electron chi connectivity index (χ2n) is 4.41. The Hall–Kier alpha value is -1.36. The van der Waals surface area contributed by atoms with Crippen LogP contribution in [0.5, 0.6) is 0 Å². The third-order valence-corrected chi connectivity index (χ3v) is 2.27. The SMILES string of the molecule is C=CCC[C@H](NC(=O)[C@@H](O)CC(C)C)C(=O)O. The Bertz CT molecular complexity index is 276. The summed E-state index contributed by atoms with van der Waals surface area (Å²) in [5, 5.41) is 20.7. The van der Waals surface area contributed by atoms with Crippen molar-refractivity contribution in [2.45, 2.75) is 45.3 Å². The van der Waals surface area contributed by atoms with Gasteiger partial charge < -0.3 is 15.5 Å². The summed E-state index contributed by atoms with van der Waals surface area (Å²) < 4.78 is 0. The van der Waals surface area contributed by atoms with Gasteiger partial charge in [-0.25, -0.2) is 4.79 Å². The van der Waals surface area contributed by atoms with Gasteiger partial charge in [0.1, 0.15) is 12.1 Å². The minimum Gasteiger partial charge on any atom is -0.480 e. The molecule has 5 heteroatoms. The van der Waals surface area contributed by atoms with E-state index in [1.54, 1.807) is 6.08 Å². The van der Waals surface area contributed by atoms with Crippen LogP contribution in [0.4, 0.5) is 0 Å². The van der Waals surface area contributed by atoms with Crippen LogP contribution in [0.1, 0.15) is 33.1 Å². The summed E-state index contributed by atoms with van der Waals surface area (Å²) in [5.74, 6) is -1.56. The van der Waals surface area contributed by atoms with E-state index in [2.05, 4.69) is 11.9 Å². The predicted octanol–water partition coefficient (Wildman–Crippen LogP) is 0.929. The highest BCUT2D eigenvalue weighted by Gasteiger charge is 2.23. The Balaban J connectivity index is 4.29. The van der Waals surface area contributed by atoms with Gasteiger partial charge in [-0.3, -0.25) is 4.79 Å². The van der Waals surface area contributed by atoms with Gasteiger partial charge in [0.25, 0.3) is 0 Å². The number of hydrogen-bond acceptors (Lipinski definition) is 3. The van der Waals surface area contributed by atoms with Crippen LogP contribution in [0.3, 0.4) is 0 Å². The first kappa shape index (κ1) is 15.6. The molecule has 5 nitrogen and oxygen atoms in total. The summed E-state index contributed by atoms with van der Waals surface area (Å²) in [6.07, 6.45) is 1.53. The normalized spacial score (nSPS) is 14.1. The number of nitrogens with one attached hydrogen (secondary N) is 1. The molecule has 1 amide bonds. The zero-order valence-corrected chi connectivity index (χ0v) is 10.3. The monoisotopic (exact) mass is 243 g/mol. The number of aliphatic hydroxyl groups is 1. The number of hydrogen-bond donors (Lipinski definition) is 3. The molecule has 0 saturated heterocycles. The van der Waals surface area contributed by atoms with E-state index in [1.807, 2.05) is 13.8 Å². The van der Waals surface area contributed by atoms with Crippen molar-refractivity contribution in [2.24, 2.45) is 5.92 Å². The Labute approximate surface area is 102 Å². The van der Waals surface area contributed by atoms with Gasteiger partial charge in [0.05, 0.1) is 0 Å². The second-order valence-corrected chi connectivity index (χ2v) is 4.41. The van der Waals surface area contributed by atoms with E-state index < -0.39 is 24.0 Å². The van der Waals surface area contributed by atoms with E-state index >= 15 is 0 Å². The highest BCUT2D eigenvalue weighted by atomic mass is 16.4. The zero-order valence-electron chi connectivity index (χ0n) is 10.3. The van der Waals surface area contributed by atoms with Gasteiger partial charge in [-0.05, 0) is 25.2 Å². The lowest BCUT2D eigenvalue weighted by atomic mass is 10.0. The van der Waals surface area contributed by atoms with Gasteiger partial charge in [-0.2, -0.15) is 0 Å².